The van der Waals surface area contributed by atoms with Crippen molar-refractivity contribution in [3.63, 3.8) is 0 Å². The van der Waals surface area contributed by atoms with Gasteiger partial charge in [-0.15, -0.1) is 0 Å². The molecule has 5 heterocycles. The Morgan fingerprint density at radius 3 is 2.09 bits per heavy atom. The van der Waals surface area contributed by atoms with Crippen LogP contribution in [0.25, 0.3) is 0 Å². The fourth-order valence-corrected chi connectivity index (χ4v) is 15.6. The number of ether oxygens (including phenoxy) is 8. The third kappa shape index (κ3) is 8.97. The van der Waals surface area contributed by atoms with Crippen LogP contribution in [0.15, 0.2) is 35.9 Å². The third-order valence-corrected chi connectivity index (χ3v) is 20.0. The molecule has 1 amide bonds. The molecule has 0 bridgehead atoms. The lowest BCUT2D eigenvalue weighted by Gasteiger charge is -2.59. The fourth-order valence-electron chi connectivity index (χ4n) is 14.9. The summed E-state index contributed by atoms with van der Waals surface area (Å²) in [5.41, 5.74) is 1.88. The number of hydrogen-bond acceptors (Lipinski definition) is 16. The summed E-state index contributed by atoms with van der Waals surface area (Å²) in [7, 11) is 0. The van der Waals surface area contributed by atoms with Gasteiger partial charge in [0.2, 0.25) is 0 Å². The van der Waals surface area contributed by atoms with Gasteiger partial charge in [-0.1, -0.05) is 51.5 Å². The second-order valence-electron chi connectivity index (χ2n) is 23.1. The van der Waals surface area contributed by atoms with Gasteiger partial charge in [0.05, 0.1) is 36.6 Å². The number of fused-ring (bicyclic) bond motifs is 7. The Labute approximate surface area is 424 Å². The Kier molecular flexibility index (Phi) is 14.8. The molecule has 17 nitrogen and oxygen atoms in total. The summed E-state index contributed by atoms with van der Waals surface area (Å²) in [6.07, 6.45) is -11.0. The zero-order valence-electron chi connectivity index (χ0n) is 41.1. The maximum Gasteiger partial charge on any atom is 0.252 e. The quantitative estimate of drug-likeness (QED) is 0.131. The lowest BCUT2D eigenvalue weighted by atomic mass is 9.47. The summed E-state index contributed by atoms with van der Waals surface area (Å²) < 4.78 is 52.2. The molecule has 18 heteroatoms. The summed E-state index contributed by atoms with van der Waals surface area (Å²) in [6.45, 7) is 13.2. The van der Waals surface area contributed by atoms with Gasteiger partial charge in [0.1, 0.15) is 61.0 Å². The standard InChI is InChI=1S/C52H76INO16/c1-23-13-18-52(63-22-23)24(2)36-34(70-52)20-32-29-12-11-27-19-28(14-16-50(27,5)31(29)15-17-51(32,36)6)66-49-45(69-48-42(60)40(58)38(56)26(4)65-48)43(61)44(68-47-41(59)39(57)37(55)25(3)64-47)35(67-49)21-54-46(62)30-9-7-8-10-33(30)53/h7-11,23-26,28-29,31-32,34-45,47-49,55-61H,12-22H2,1-6H3,(H,54,62)/t23-,24+,25-,26-,28+,29-,31+,32+,34+,35-,36+,37-,38-,39+,40+,41+,42+,43+,44-,45-,47-,48-,49-,50+,51+,52-/m1/s1. The van der Waals surface area contributed by atoms with Crippen LogP contribution in [0.3, 0.4) is 0 Å². The lowest BCUT2D eigenvalue weighted by molar-refractivity contribution is -0.386. The summed E-state index contributed by atoms with van der Waals surface area (Å²) in [5, 5.41) is 80.1. The molecular formula is C52H76INO16. The zero-order valence-corrected chi connectivity index (χ0v) is 43.3. The van der Waals surface area contributed by atoms with Gasteiger partial charge >= 0.3 is 0 Å². The van der Waals surface area contributed by atoms with Crippen molar-refractivity contribution in [2.45, 2.75) is 209 Å². The molecule has 0 radical (unpaired) electrons. The van der Waals surface area contributed by atoms with Crippen LogP contribution in [-0.2, 0) is 37.9 Å². The molecule has 5 saturated heterocycles. The minimum atomic E-state index is -1.75. The van der Waals surface area contributed by atoms with Crippen molar-refractivity contribution in [1.29, 1.82) is 0 Å². The van der Waals surface area contributed by atoms with Crippen LogP contribution < -0.4 is 5.32 Å². The largest absolute Gasteiger partial charge is 0.388 e. The smallest absolute Gasteiger partial charge is 0.252 e. The fraction of sp³-hybridized carbons (Fsp3) is 0.827. The number of aliphatic hydroxyl groups is 7. The maximum absolute atomic E-state index is 13.6. The first-order valence-corrected chi connectivity index (χ1v) is 27.1. The number of allylic oxidation sites excluding steroid dienone is 1. The molecule has 0 aromatic heterocycles. The SMILES string of the molecule is C[C@@H]1CC[C@@]2(OC1)O[C@H]1C[C@H]3[C@@H]4CC=C5C[C@@H](O[C@@H]6O[C@H](CNC(=O)c7ccccc7I)[C@@H](O[C@H]7O[C@H](C)[C@@H](O)[C@H](O)[C@@H]7O)[C@H](O)[C@H]6O[C@H]6O[C@H](C)[C@@H](O)[C@H](O)[C@@H]6O)CC[C@]5(C)[C@H]4CC[C@]3(C)[C@H]1[C@@H]2C. The van der Waals surface area contributed by atoms with Gasteiger partial charge in [-0.2, -0.15) is 0 Å². The van der Waals surface area contributed by atoms with Gasteiger partial charge in [0, 0.05) is 22.5 Å². The van der Waals surface area contributed by atoms with Crippen molar-refractivity contribution in [2.24, 2.45) is 46.3 Å². The van der Waals surface area contributed by atoms with Crippen molar-refractivity contribution in [2.75, 3.05) is 13.2 Å². The van der Waals surface area contributed by atoms with Crippen molar-refractivity contribution in [3.05, 3.63) is 45.0 Å². The molecule has 26 atom stereocenters. The number of aliphatic hydroxyl groups excluding tert-OH is 7. The summed E-state index contributed by atoms with van der Waals surface area (Å²) >= 11 is 2.07. The van der Waals surface area contributed by atoms with Crippen molar-refractivity contribution >= 4 is 28.5 Å². The number of benzene rings is 1. The van der Waals surface area contributed by atoms with Crippen LogP contribution in [0, 0.1) is 49.9 Å². The summed E-state index contributed by atoms with van der Waals surface area (Å²) in [6, 6.07) is 7.04. The van der Waals surface area contributed by atoms with E-state index in [1.807, 2.05) is 6.07 Å². The maximum atomic E-state index is 13.6. The molecule has 10 rings (SSSR count). The third-order valence-electron chi connectivity index (χ3n) is 19.1. The first kappa shape index (κ1) is 52.0. The summed E-state index contributed by atoms with van der Waals surface area (Å²) in [5.74, 6) is 2.09. The van der Waals surface area contributed by atoms with E-state index in [0.717, 1.165) is 51.6 Å². The molecule has 0 unspecified atom stereocenters. The molecule has 1 aromatic rings. The molecule has 1 aromatic carbocycles. The van der Waals surface area contributed by atoms with Crippen molar-refractivity contribution < 1.29 is 78.4 Å². The first-order valence-electron chi connectivity index (χ1n) is 26.0. The number of rotatable bonds is 9. The molecule has 70 heavy (non-hydrogen) atoms. The molecule has 9 aliphatic rings. The van der Waals surface area contributed by atoms with E-state index in [1.165, 1.54) is 19.4 Å². The average molecular weight is 1100 g/mol. The normalized spacial score (nSPS) is 52.3. The van der Waals surface area contributed by atoms with E-state index in [0.29, 0.717) is 57.5 Å². The van der Waals surface area contributed by atoms with E-state index in [4.69, 9.17) is 37.9 Å². The predicted molar refractivity (Wildman–Crippen MR) is 257 cm³/mol. The van der Waals surface area contributed by atoms with Crippen molar-refractivity contribution in [1.82, 2.24) is 5.32 Å². The number of carbonyl (C=O) groups is 1. The van der Waals surface area contributed by atoms with Crippen LogP contribution >= 0.6 is 22.6 Å². The molecule has 3 saturated carbocycles. The van der Waals surface area contributed by atoms with E-state index in [9.17, 15) is 40.5 Å². The highest BCUT2D eigenvalue weighted by Crippen LogP contribution is 2.70. The van der Waals surface area contributed by atoms with E-state index in [1.54, 1.807) is 18.2 Å². The number of hydrogen-bond donors (Lipinski definition) is 8. The molecule has 8 N–H and O–H groups in total. The highest BCUT2D eigenvalue weighted by molar-refractivity contribution is 14.1. The summed E-state index contributed by atoms with van der Waals surface area (Å²) in [4.78, 5) is 13.6. The average Bonchev–Trinajstić information content (AvgIpc) is 3.79. The van der Waals surface area contributed by atoms with Crippen LogP contribution in [0.4, 0.5) is 0 Å². The predicted octanol–water partition coefficient (Wildman–Crippen LogP) is 3.28. The van der Waals surface area contributed by atoms with Crippen LogP contribution in [0.2, 0.25) is 0 Å². The number of halogens is 1. The minimum absolute atomic E-state index is 0.0507. The van der Waals surface area contributed by atoms with Gasteiger partial charge in [0.15, 0.2) is 24.7 Å². The van der Waals surface area contributed by atoms with E-state index >= 15 is 0 Å². The molecule has 1 spiro atoms. The Hall–Kier alpha value is -1.44. The molecule has 5 aliphatic heterocycles. The Bertz CT molecular complexity index is 2080. The Balaban J connectivity index is 0.899. The molecule has 8 fully saturated rings. The van der Waals surface area contributed by atoms with Gasteiger partial charge < -0.3 is 79.0 Å². The van der Waals surface area contributed by atoms with Gasteiger partial charge in [-0.3, -0.25) is 4.79 Å². The van der Waals surface area contributed by atoms with Crippen molar-refractivity contribution in [3.8, 4) is 0 Å². The topological polar surface area (TPSA) is 245 Å². The van der Waals surface area contributed by atoms with Crippen LogP contribution in [0.5, 0.6) is 0 Å². The van der Waals surface area contributed by atoms with Crippen LogP contribution in [-0.4, -0.2) is 165 Å². The molecule has 4 aliphatic carbocycles. The van der Waals surface area contributed by atoms with E-state index in [-0.39, 0.29) is 23.5 Å². The van der Waals surface area contributed by atoms with Gasteiger partial charge in [-0.05, 0) is 140 Å². The van der Waals surface area contributed by atoms with Gasteiger partial charge in [-0.25, -0.2) is 0 Å². The number of nitrogens with one attached hydrogen (secondary N) is 1. The first-order chi connectivity index (χ1) is 33.2. The molecular weight excluding hydrogens is 1020 g/mol. The van der Waals surface area contributed by atoms with Crippen LogP contribution in [0.1, 0.15) is 110 Å². The van der Waals surface area contributed by atoms with E-state index < -0.39 is 110 Å². The minimum Gasteiger partial charge on any atom is -0.388 e. The highest BCUT2D eigenvalue weighted by Gasteiger charge is 2.69. The zero-order chi connectivity index (χ0) is 49.8. The van der Waals surface area contributed by atoms with Gasteiger partial charge in [0.25, 0.3) is 5.91 Å². The molecule has 392 valence electrons. The number of carbonyl (C=O) groups excluding carboxylic acids is 1. The highest BCUT2D eigenvalue weighted by atomic mass is 127. The second-order valence-corrected chi connectivity index (χ2v) is 24.2. The van der Waals surface area contributed by atoms with E-state index in [2.05, 4.69) is 61.7 Å². The lowest BCUT2D eigenvalue weighted by Crippen LogP contribution is -2.67. The Morgan fingerprint density at radius 2 is 1.43 bits per heavy atom. The second kappa shape index (κ2) is 19.9. The monoisotopic (exact) mass is 1100 g/mol. The Morgan fingerprint density at radius 1 is 0.757 bits per heavy atom. The number of amides is 1.